The van der Waals surface area contributed by atoms with Gasteiger partial charge in [-0.2, -0.15) is 0 Å². The van der Waals surface area contributed by atoms with Crippen molar-refractivity contribution in [1.29, 1.82) is 0 Å². The monoisotopic (exact) mass is 592 g/mol. The molecule has 0 bridgehead atoms. The predicted molar refractivity (Wildman–Crippen MR) is 163 cm³/mol. The molecule has 0 spiro atoms. The van der Waals surface area contributed by atoms with Crippen LogP contribution in [0.1, 0.15) is 116 Å². The predicted octanol–water partition coefficient (Wildman–Crippen LogP) is 6.76. The Kier molecular flexibility index (Phi) is 11.0. The topological polar surface area (TPSA) is 134 Å². The first-order valence-corrected chi connectivity index (χ1v) is 16.0. The molecule has 0 heterocycles. The van der Waals surface area contributed by atoms with Gasteiger partial charge in [0.25, 0.3) is 0 Å². The molecule has 0 atom stereocenters. The van der Waals surface area contributed by atoms with Crippen LogP contribution in [0.4, 0.5) is 0 Å². The summed E-state index contributed by atoms with van der Waals surface area (Å²) >= 11 is 0. The van der Waals surface area contributed by atoms with Crippen molar-refractivity contribution in [3.8, 4) is 11.5 Å². The Labute approximate surface area is 251 Å². The zero-order valence-corrected chi connectivity index (χ0v) is 27.1. The van der Waals surface area contributed by atoms with Crippen LogP contribution in [0.3, 0.4) is 0 Å². The molecule has 11 heteroatoms. The van der Waals surface area contributed by atoms with Crippen LogP contribution in [0, 0.1) is 0 Å². The Morgan fingerprint density at radius 3 is 1.02 bits per heavy atom. The third-order valence-electron chi connectivity index (χ3n) is 6.48. The van der Waals surface area contributed by atoms with Crippen molar-refractivity contribution in [2.75, 3.05) is 0 Å². The van der Waals surface area contributed by atoms with Gasteiger partial charge in [-0.15, -0.1) is 0 Å². The second-order valence-corrected chi connectivity index (χ2v) is 16.7. The molecule has 0 saturated heterocycles. The molecule has 0 aromatic heterocycles. The van der Waals surface area contributed by atoms with E-state index in [9.17, 15) is 28.7 Å². The van der Waals surface area contributed by atoms with E-state index in [2.05, 4.69) is 0 Å². The Bertz CT molecular complexity index is 1210. The first-order chi connectivity index (χ1) is 17.1. The van der Waals surface area contributed by atoms with Crippen LogP contribution >= 0.6 is 15.6 Å². The summed E-state index contributed by atoms with van der Waals surface area (Å²) in [4.78, 5) is 39.4. The van der Waals surface area contributed by atoms with Crippen molar-refractivity contribution >= 4 is 34.5 Å². The van der Waals surface area contributed by atoms with Gasteiger partial charge in [-0.25, -0.2) is 9.13 Å². The molecule has 0 aliphatic carbocycles. The molecule has 0 unspecified atom stereocenters. The second-order valence-electron chi connectivity index (χ2n) is 14.4. The Morgan fingerprint density at radius 2 is 0.825 bits per heavy atom. The van der Waals surface area contributed by atoms with Crippen LogP contribution in [0.2, 0.25) is 0 Å². The molecule has 40 heavy (non-hydrogen) atoms. The fraction of sp³-hybridized carbons (Fsp3) is 0.586. The van der Waals surface area contributed by atoms with Gasteiger partial charge in [0.15, 0.2) is 0 Å². The van der Waals surface area contributed by atoms with Crippen molar-refractivity contribution < 1.29 is 37.8 Å². The SMILES string of the molecule is CC(C)(C)c1cc(Cc2cc(C(C)(C)C)cc(C(C)(C)C)c2OP(=O)(O)O)c(OP(=O)(O)O)c(C(C)(C)C)c1.[LiH]. The van der Waals surface area contributed by atoms with Gasteiger partial charge >= 0.3 is 34.5 Å². The molecular weight excluding hydrogens is 545 g/mol. The molecule has 2 aromatic carbocycles. The fourth-order valence-corrected chi connectivity index (χ4v) is 5.19. The van der Waals surface area contributed by atoms with Gasteiger partial charge in [0.1, 0.15) is 11.5 Å². The third-order valence-corrected chi connectivity index (χ3v) is 7.32. The van der Waals surface area contributed by atoms with Gasteiger partial charge in [0.05, 0.1) is 0 Å². The van der Waals surface area contributed by atoms with Gasteiger partial charge in [-0.1, -0.05) is 107 Å². The zero-order chi connectivity index (χ0) is 30.6. The van der Waals surface area contributed by atoms with Gasteiger partial charge < -0.3 is 9.05 Å². The quantitative estimate of drug-likeness (QED) is 0.214. The van der Waals surface area contributed by atoms with Gasteiger partial charge in [-0.05, 0) is 43.9 Å². The molecule has 0 amide bonds. The molecule has 4 N–H and O–H groups in total. The number of hydrogen-bond donors (Lipinski definition) is 4. The first kappa shape index (κ1) is 37.0. The third kappa shape index (κ3) is 10.0. The number of hydrogen-bond acceptors (Lipinski definition) is 4. The number of rotatable bonds is 6. The maximum atomic E-state index is 12.1. The molecule has 0 aliphatic heterocycles. The molecule has 2 aromatic rings. The van der Waals surface area contributed by atoms with Crippen molar-refractivity contribution in [2.45, 2.75) is 111 Å². The molecule has 2 rings (SSSR count). The summed E-state index contributed by atoms with van der Waals surface area (Å²) in [7, 11) is -9.89. The van der Waals surface area contributed by atoms with Crippen molar-refractivity contribution in [3.63, 3.8) is 0 Å². The van der Waals surface area contributed by atoms with Crippen LogP contribution in [0.15, 0.2) is 24.3 Å². The van der Waals surface area contributed by atoms with E-state index in [-0.39, 0.29) is 47.6 Å². The van der Waals surface area contributed by atoms with E-state index in [1.165, 1.54) is 0 Å². The molecule has 222 valence electrons. The Morgan fingerprint density at radius 1 is 0.550 bits per heavy atom. The minimum absolute atomic E-state index is 0. The minimum atomic E-state index is -4.94. The van der Waals surface area contributed by atoms with E-state index >= 15 is 0 Å². The summed E-state index contributed by atoms with van der Waals surface area (Å²) in [5.74, 6) is 0.119. The average Bonchev–Trinajstić information content (AvgIpc) is 2.64. The van der Waals surface area contributed by atoms with E-state index in [0.717, 1.165) is 11.1 Å². The molecule has 0 radical (unpaired) electrons. The number of phosphoric acid groups is 2. The molecular formula is C29H47LiO8P2. The van der Waals surface area contributed by atoms with Crippen LogP contribution < -0.4 is 9.05 Å². The summed E-state index contributed by atoms with van der Waals surface area (Å²) in [6.07, 6.45) is 0.0602. The van der Waals surface area contributed by atoms with Crippen LogP contribution in [-0.4, -0.2) is 38.4 Å². The van der Waals surface area contributed by atoms with Gasteiger partial charge in [0.2, 0.25) is 0 Å². The summed E-state index contributed by atoms with van der Waals surface area (Å²) in [6, 6.07) is 7.52. The van der Waals surface area contributed by atoms with Crippen LogP contribution in [-0.2, 0) is 37.2 Å². The van der Waals surface area contributed by atoms with E-state index in [1.807, 2.05) is 107 Å². The van der Waals surface area contributed by atoms with Crippen molar-refractivity contribution in [3.05, 3.63) is 57.6 Å². The van der Waals surface area contributed by atoms with E-state index in [1.54, 1.807) is 0 Å². The summed E-state index contributed by atoms with van der Waals surface area (Å²) < 4.78 is 35.0. The molecule has 8 nitrogen and oxygen atoms in total. The van der Waals surface area contributed by atoms with Gasteiger partial charge in [-0.3, -0.25) is 19.6 Å². The molecule has 0 fully saturated rings. The second kappa shape index (κ2) is 11.9. The van der Waals surface area contributed by atoms with E-state index < -0.39 is 26.5 Å². The van der Waals surface area contributed by atoms with Crippen molar-refractivity contribution in [2.24, 2.45) is 0 Å². The number of benzene rings is 2. The number of phosphoric ester groups is 2. The standard InChI is InChI=1S/C29H46O8P2.Li.H/c1-26(2,3)20-14-18(24(36-38(30,31)32)22(16-20)28(7,8)9)13-19-15-21(27(4,5)6)17-23(29(10,11)12)25(19)37-39(33,34)35;;/h14-17H,13H2,1-12H3,(H2,30,31,32)(H2,33,34,35);;. The summed E-state index contributed by atoms with van der Waals surface area (Å²) in [5.41, 5.74) is 2.40. The van der Waals surface area contributed by atoms with Crippen LogP contribution in [0.5, 0.6) is 11.5 Å². The van der Waals surface area contributed by atoms with Gasteiger partial charge in [0, 0.05) is 17.5 Å². The maximum absolute atomic E-state index is 12.1. The average molecular weight is 593 g/mol. The van der Waals surface area contributed by atoms with E-state index in [4.69, 9.17) is 9.05 Å². The zero-order valence-electron chi connectivity index (χ0n) is 25.3. The molecule has 0 aliphatic rings. The normalized spacial score (nSPS) is 13.6. The molecule has 0 saturated carbocycles. The Balaban J connectivity index is 0.00000800. The van der Waals surface area contributed by atoms with Crippen molar-refractivity contribution in [1.82, 2.24) is 0 Å². The Hall–Kier alpha value is -1.06. The van der Waals surface area contributed by atoms with E-state index in [0.29, 0.717) is 22.3 Å². The summed E-state index contributed by atoms with van der Waals surface area (Å²) in [5, 5.41) is 0. The first-order valence-electron chi connectivity index (χ1n) is 13.0. The summed E-state index contributed by atoms with van der Waals surface area (Å²) in [6.45, 7) is 23.9. The fourth-order valence-electron chi connectivity index (χ4n) is 4.28. The van der Waals surface area contributed by atoms with Crippen LogP contribution in [0.25, 0.3) is 0 Å².